The molecule has 6 nitrogen and oxygen atoms in total. The lowest BCUT2D eigenvalue weighted by molar-refractivity contribution is 0.920. The molecule has 0 saturated carbocycles. The summed E-state index contributed by atoms with van der Waals surface area (Å²) >= 11 is 1.72. The van der Waals surface area contributed by atoms with Crippen molar-refractivity contribution >= 4 is 23.0 Å². The summed E-state index contributed by atoms with van der Waals surface area (Å²) in [5.41, 5.74) is 3.53. The number of aromatic nitrogens is 3. The Balaban J connectivity index is 2.15. The number of nitrogens with two attached hydrogens (primary N) is 1. The van der Waals surface area contributed by atoms with Gasteiger partial charge in [0.25, 0.3) is 0 Å². The van der Waals surface area contributed by atoms with E-state index in [9.17, 15) is 0 Å². The minimum Gasteiger partial charge on any atom is -0.363 e. The number of thiazole rings is 1. The molecule has 7 heteroatoms. The van der Waals surface area contributed by atoms with Crippen molar-refractivity contribution in [2.45, 2.75) is 40.2 Å². The molecule has 2 aromatic rings. The van der Waals surface area contributed by atoms with Crippen molar-refractivity contribution in [2.24, 2.45) is 5.84 Å². The summed E-state index contributed by atoms with van der Waals surface area (Å²) in [6, 6.07) is 0. The van der Waals surface area contributed by atoms with Crippen LogP contribution in [0.5, 0.6) is 0 Å². The topological polar surface area (TPSA) is 88.8 Å². The van der Waals surface area contributed by atoms with Gasteiger partial charge >= 0.3 is 0 Å². The Hall–Kier alpha value is -1.73. The van der Waals surface area contributed by atoms with Crippen molar-refractivity contribution in [3.63, 3.8) is 0 Å². The van der Waals surface area contributed by atoms with Crippen molar-refractivity contribution in [3.8, 4) is 0 Å². The van der Waals surface area contributed by atoms with Crippen molar-refractivity contribution in [3.05, 3.63) is 27.5 Å². The summed E-state index contributed by atoms with van der Waals surface area (Å²) in [5.74, 6) is 7.72. The highest BCUT2D eigenvalue weighted by Crippen LogP contribution is 2.21. The second-order valence-electron chi connectivity index (χ2n) is 4.39. The molecule has 2 heterocycles. The lowest BCUT2D eigenvalue weighted by atomic mass is 10.3. The summed E-state index contributed by atoms with van der Waals surface area (Å²) in [7, 11) is 0. The van der Waals surface area contributed by atoms with Crippen molar-refractivity contribution in [2.75, 3.05) is 10.7 Å². The van der Waals surface area contributed by atoms with E-state index in [4.69, 9.17) is 5.84 Å². The molecule has 0 saturated heterocycles. The minimum atomic E-state index is 0.660. The predicted molar refractivity (Wildman–Crippen MR) is 82.8 cm³/mol. The van der Waals surface area contributed by atoms with Gasteiger partial charge < -0.3 is 10.7 Å². The molecule has 0 amide bonds. The highest BCUT2D eigenvalue weighted by atomic mass is 32.1. The largest absolute Gasteiger partial charge is 0.363 e. The van der Waals surface area contributed by atoms with Gasteiger partial charge in [-0.05, 0) is 13.3 Å². The van der Waals surface area contributed by atoms with Crippen LogP contribution in [0.15, 0.2) is 6.20 Å². The van der Waals surface area contributed by atoms with Crippen LogP contribution in [0.1, 0.15) is 35.1 Å². The molecule has 0 unspecified atom stereocenters. The van der Waals surface area contributed by atoms with Crippen LogP contribution in [-0.2, 0) is 19.4 Å². The predicted octanol–water partition coefficient (Wildman–Crippen LogP) is 2.26. The van der Waals surface area contributed by atoms with E-state index in [1.165, 1.54) is 4.88 Å². The van der Waals surface area contributed by atoms with Gasteiger partial charge in [-0.2, -0.15) is 0 Å². The van der Waals surface area contributed by atoms with Gasteiger partial charge in [-0.3, -0.25) is 0 Å². The van der Waals surface area contributed by atoms with E-state index in [-0.39, 0.29) is 0 Å². The van der Waals surface area contributed by atoms with E-state index in [0.29, 0.717) is 12.4 Å². The molecule has 0 radical (unpaired) electrons. The maximum atomic E-state index is 5.49. The monoisotopic (exact) mass is 292 g/mol. The fourth-order valence-corrected chi connectivity index (χ4v) is 2.59. The summed E-state index contributed by atoms with van der Waals surface area (Å²) < 4.78 is 0. The standard InChI is InChI=1S/C13H20N6S/c1-4-9-6-15-11(20-9)7-16-12-8(3)13(19-14)18-10(5-2)17-12/h6H,4-5,7,14H2,1-3H3,(H2,16,17,18,19). The summed E-state index contributed by atoms with van der Waals surface area (Å²) in [6.07, 6.45) is 3.71. The normalized spacial score (nSPS) is 10.6. The Kier molecular flexibility index (Phi) is 4.86. The molecule has 0 aromatic carbocycles. The number of hydrazine groups is 1. The second kappa shape index (κ2) is 6.62. The Morgan fingerprint density at radius 3 is 2.55 bits per heavy atom. The lowest BCUT2D eigenvalue weighted by Crippen LogP contribution is -2.14. The first-order valence-corrected chi connectivity index (χ1v) is 7.51. The SMILES string of the molecule is CCc1nc(NN)c(C)c(NCc2ncc(CC)s2)n1. The Bertz CT molecular complexity index is 580. The van der Waals surface area contributed by atoms with Gasteiger partial charge in [-0.15, -0.1) is 11.3 Å². The van der Waals surface area contributed by atoms with Crippen LogP contribution in [0.2, 0.25) is 0 Å². The first kappa shape index (κ1) is 14.7. The van der Waals surface area contributed by atoms with Crippen molar-refractivity contribution < 1.29 is 0 Å². The first-order valence-electron chi connectivity index (χ1n) is 6.69. The second-order valence-corrected chi connectivity index (χ2v) is 5.59. The molecule has 0 aliphatic heterocycles. The highest BCUT2D eigenvalue weighted by Gasteiger charge is 2.10. The zero-order valence-electron chi connectivity index (χ0n) is 12.0. The number of hydrogen-bond donors (Lipinski definition) is 3. The van der Waals surface area contributed by atoms with Gasteiger partial charge in [0.2, 0.25) is 0 Å². The number of nitrogen functional groups attached to an aromatic ring is 1. The maximum absolute atomic E-state index is 5.49. The number of anilines is 2. The third-order valence-electron chi connectivity index (χ3n) is 3.00. The third kappa shape index (κ3) is 3.23. The molecule has 0 aliphatic rings. The maximum Gasteiger partial charge on any atom is 0.148 e. The summed E-state index contributed by atoms with van der Waals surface area (Å²) in [6.45, 7) is 6.75. The summed E-state index contributed by atoms with van der Waals surface area (Å²) in [5, 5.41) is 4.37. The summed E-state index contributed by atoms with van der Waals surface area (Å²) in [4.78, 5) is 14.5. The Labute approximate surface area is 122 Å². The molecule has 2 rings (SSSR count). The van der Waals surface area contributed by atoms with Gasteiger partial charge in [0, 0.05) is 23.1 Å². The van der Waals surface area contributed by atoms with Gasteiger partial charge in [0.1, 0.15) is 22.5 Å². The van der Waals surface area contributed by atoms with E-state index in [1.807, 2.05) is 20.0 Å². The van der Waals surface area contributed by atoms with E-state index in [0.717, 1.165) is 35.1 Å². The molecule has 0 fully saturated rings. The number of nitrogens with zero attached hydrogens (tertiary/aromatic N) is 3. The van der Waals surface area contributed by atoms with Crippen molar-refractivity contribution in [1.82, 2.24) is 15.0 Å². The fraction of sp³-hybridized carbons (Fsp3) is 0.462. The van der Waals surface area contributed by atoms with E-state index in [2.05, 4.69) is 32.6 Å². The van der Waals surface area contributed by atoms with Gasteiger partial charge in [-0.1, -0.05) is 13.8 Å². The first-order chi connectivity index (χ1) is 9.67. The molecule has 0 spiro atoms. The molecular weight excluding hydrogens is 272 g/mol. The fourth-order valence-electron chi connectivity index (χ4n) is 1.79. The average Bonchev–Trinajstić information content (AvgIpc) is 2.94. The minimum absolute atomic E-state index is 0.660. The Morgan fingerprint density at radius 2 is 1.95 bits per heavy atom. The number of nitrogens with one attached hydrogen (secondary N) is 2. The van der Waals surface area contributed by atoms with Crippen LogP contribution < -0.4 is 16.6 Å². The molecule has 4 N–H and O–H groups in total. The quantitative estimate of drug-likeness (QED) is 0.559. The zero-order chi connectivity index (χ0) is 14.5. The number of aryl methyl sites for hydroxylation is 2. The third-order valence-corrected chi connectivity index (χ3v) is 4.14. The van der Waals surface area contributed by atoms with Crippen LogP contribution in [0.3, 0.4) is 0 Å². The van der Waals surface area contributed by atoms with Crippen LogP contribution >= 0.6 is 11.3 Å². The van der Waals surface area contributed by atoms with Gasteiger partial charge in [0.05, 0.1) is 6.54 Å². The molecule has 2 aromatic heterocycles. The lowest BCUT2D eigenvalue weighted by Gasteiger charge is -2.12. The molecule has 0 bridgehead atoms. The van der Waals surface area contributed by atoms with Crippen molar-refractivity contribution in [1.29, 1.82) is 0 Å². The molecule has 108 valence electrons. The average molecular weight is 292 g/mol. The number of hydrogen-bond acceptors (Lipinski definition) is 7. The van der Waals surface area contributed by atoms with E-state index < -0.39 is 0 Å². The van der Waals surface area contributed by atoms with E-state index in [1.54, 1.807) is 11.3 Å². The molecular formula is C13H20N6S. The highest BCUT2D eigenvalue weighted by molar-refractivity contribution is 7.11. The van der Waals surface area contributed by atoms with Gasteiger partial charge in [0.15, 0.2) is 0 Å². The Morgan fingerprint density at radius 1 is 1.20 bits per heavy atom. The van der Waals surface area contributed by atoms with Crippen LogP contribution in [0.4, 0.5) is 11.6 Å². The zero-order valence-corrected chi connectivity index (χ0v) is 12.8. The van der Waals surface area contributed by atoms with Crippen LogP contribution in [0.25, 0.3) is 0 Å². The molecule has 0 atom stereocenters. The molecule has 0 aliphatic carbocycles. The molecule has 20 heavy (non-hydrogen) atoms. The van der Waals surface area contributed by atoms with Gasteiger partial charge in [-0.25, -0.2) is 20.8 Å². The van der Waals surface area contributed by atoms with E-state index >= 15 is 0 Å². The smallest absolute Gasteiger partial charge is 0.148 e. The van der Waals surface area contributed by atoms with Crippen LogP contribution in [-0.4, -0.2) is 15.0 Å². The number of rotatable bonds is 6. The van der Waals surface area contributed by atoms with Crippen LogP contribution in [0, 0.1) is 6.92 Å².